The number of hydrogen-bond donors (Lipinski definition) is 2. The van der Waals surface area contributed by atoms with Gasteiger partial charge in [-0.25, -0.2) is 9.93 Å². The third-order valence-corrected chi connectivity index (χ3v) is 6.18. The summed E-state index contributed by atoms with van der Waals surface area (Å²) in [7, 11) is 0. The Morgan fingerprint density at radius 3 is 2.70 bits per heavy atom. The molecule has 2 aliphatic rings. The van der Waals surface area contributed by atoms with Crippen LogP contribution in [0.5, 0.6) is 0 Å². The largest absolute Gasteiger partial charge is 0.334 e. The first kappa shape index (κ1) is 23.2. The Bertz CT molecular complexity index is 1060. The molecular weight excluding hydrogens is 443 g/mol. The molecule has 4 rings (SSSR count). The highest BCUT2D eigenvalue weighted by molar-refractivity contribution is 6.30. The lowest BCUT2D eigenvalue weighted by Crippen LogP contribution is -2.53. The van der Waals surface area contributed by atoms with E-state index in [-0.39, 0.29) is 17.8 Å². The highest BCUT2D eigenvalue weighted by Gasteiger charge is 2.26. The average Bonchev–Trinajstić information content (AvgIpc) is 3.19. The van der Waals surface area contributed by atoms with Crippen LogP contribution in [-0.4, -0.2) is 52.2 Å². The van der Waals surface area contributed by atoms with Gasteiger partial charge >= 0.3 is 0 Å². The van der Waals surface area contributed by atoms with Crippen molar-refractivity contribution in [2.45, 2.75) is 33.0 Å². The number of carbonyl (C=O) groups excluding carboxylic acids is 1. The van der Waals surface area contributed by atoms with Crippen LogP contribution < -0.4 is 11.1 Å². The second-order valence-electron chi connectivity index (χ2n) is 8.39. The van der Waals surface area contributed by atoms with Crippen LogP contribution in [0.15, 0.2) is 53.6 Å². The van der Waals surface area contributed by atoms with Gasteiger partial charge in [-0.3, -0.25) is 14.7 Å². The Labute approximate surface area is 198 Å². The minimum atomic E-state index is -0.227. The zero-order chi connectivity index (χ0) is 23.4. The number of nitrogens with one attached hydrogen (secondary N) is 2. The summed E-state index contributed by atoms with van der Waals surface area (Å²) in [6.45, 7) is 7.46. The predicted octanol–water partition coefficient (Wildman–Crippen LogP) is 3.38. The Balaban J connectivity index is 1.38. The summed E-state index contributed by atoms with van der Waals surface area (Å²) in [5.41, 5.74) is 8.67. The number of piperazine rings is 1. The van der Waals surface area contributed by atoms with Crippen LogP contribution in [0.2, 0.25) is 5.02 Å². The normalized spacial score (nSPS) is 19.2. The lowest BCUT2D eigenvalue weighted by atomic mass is 10.1. The molecule has 2 aromatic rings. The van der Waals surface area contributed by atoms with Crippen molar-refractivity contribution in [2.24, 2.45) is 5.10 Å². The van der Waals surface area contributed by atoms with Crippen molar-refractivity contribution in [1.82, 2.24) is 25.9 Å². The summed E-state index contributed by atoms with van der Waals surface area (Å²) < 4.78 is 13.1. The first-order chi connectivity index (χ1) is 15.9. The standard InChI is InChI=1S/C24H28ClFN6O/c1-17-14-30(15-19-3-8-23(26)9-4-19)11-12-31(17)24(33)10-6-20-5-7-22(25)13-21(20)16-32-18(2)27-28-29-32/h3-10,13,17,28-29H,11-12,14-16H2,1-2H3/b10-6+/t17-/m1/s1. The van der Waals surface area contributed by atoms with Crippen molar-refractivity contribution in [2.75, 3.05) is 19.6 Å². The molecule has 1 atom stereocenters. The van der Waals surface area contributed by atoms with Gasteiger partial charge in [-0.05, 0) is 60.9 Å². The first-order valence-electron chi connectivity index (χ1n) is 11.0. The summed E-state index contributed by atoms with van der Waals surface area (Å²) in [5, 5.41) is 6.60. The second kappa shape index (κ2) is 10.3. The number of benzene rings is 2. The molecule has 0 bridgehead atoms. The average molecular weight is 471 g/mol. The Morgan fingerprint density at radius 2 is 2.00 bits per heavy atom. The summed E-state index contributed by atoms with van der Waals surface area (Å²) in [4.78, 5) is 17.2. The fourth-order valence-corrected chi connectivity index (χ4v) is 4.31. The van der Waals surface area contributed by atoms with Crippen molar-refractivity contribution in [1.29, 1.82) is 0 Å². The number of hydrogen-bond acceptors (Lipinski definition) is 6. The van der Waals surface area contributed by atoms with Crippen LogP contribution in [0.25, 0.3) is 6.08 Å². The predicted molar refractivity (Wildman–Crippen MR) is 128 cm³/mol. The zero-order valence-corrected chi connectivity index (χ0v) is 19.5. The SMILES string of the molecule is CC1=NNNN1Cc1cc(Cl)ccc1/C=C/C(=O)N1CCN(Cc2ccc(F)cc2)C[C@H]1C. The first-order valence-corrected chi connectivity index (χ1v) is 11.3. The number of carbonyl (C=O) groups is 1. The van der Waals surface area contributed by atoms with E-state index in [4.69, 9.17) is 11.6 Å². The van der Waals surface area contributed by atoms with Gasteiger partial charge in [0, 0.05) is 43.3 Å². The van der Waals surface area contributed by atoms with Gasteiger partial charge in [-0.15, -0.1) is 10.6 Å². The van der Waals surface area contributed by atoms with Crippen LogP contribution in [0.1, 0.15) is 30.5 Å². The highest BCUT2D eigenvalue weighted by atomic mass is 35.5. The number of rotatable bonds is 6. The number of hydrazone groups is 1. The molecule has 174 valence electrons. The summed E-state index contributed by atoms with van der Waals surface area (Å²) in [6, 6.07) is 12.3. The van der Waals surface area contributed by atoms with Crippen LogP contribution in [-0.2, 0) is 17.9 Å². The van der Waals surface area contributed by atoms with Crippen molar-refractivity contribution in [3.8, 4) is 0 Å². The van der Waals surface area contributed by atoms with Gasteiger partial charge in [0.05, 0.1) is 6.54 Å². The molecule has 0 aromatic heterocycles. The van der Waals surface area contributed by atoms with E-state index in [1.54, 1.807) is 6.08 Å². The van der Waals surface area contributed by atoms with Gasteiger partial charge in [0.1, 0.15) is 11.7 Å². The monoisotopic (exact) mass is 470 g/mol. The molecule has 2 aliphatic heterocycles. The van der Waals surface area contributed by atoms with Crippen molar-refractivity contribution in [3.05, 3.63) is 76.1 Å². The van der Waals surface area contributed by atoms with E-state index in [0.717, 1.165) is 42.2 Å². The Kier molecular flexibility index (Phi) is 7.27. The topological polar surface area (TPSA) is 63.2 Å². The molecule has 1 amide bonds. The number of nitrogens with zero attached hydrogens (tertiary/aromatic N) is 4. The smallest absolute Gasteiger partial charge is 0.246 e. The summed E-state index contributed by atoms with van der Waals surface area (Å²) in [6.07, 6.45) is 3.48. The van der Waals surface area contributed by atoms with Crippen LogP contribution in [0, 0.1) is 5.82 Å². The Morgan fingerprint density at radius 1 is 1.21 bits per heavy atom. The van der Waals surface area contributed by atoms with E-state index in [1.165, 1.54) is 12.1 Å². The fourth-order valence-electron chi connectivity index (χ4n) is 4.11. The molecule has 2 aromatic carbocycles. The molecule has 1 fully saturated rings. The lowest BCUT2D eigenvalue weighted by Gasteiger charge is -2.39. The van der Waals surface area contributed by atoms with Crippen molar-refractivity contribution in [3.63, 3.8) is 0 Å². The summed E-state index contributed by atoms with van der Waals surface area (Å²) in [5.74, 6) is 0.576. The molecule has 33 heavy (non-hydrogen) atoms. The molecule has 0 saturated carbocycles. The van der Waals surface area contributed by atoms with Gasteiger partial charge < -0.3 is 4.90 Å². The maximum Gasteiger partial charge on any atom is 0.246 e. The van der Waals surface area contributed by atoms with E-state index in [2.05, 4.69) is 28.0 Å². The molecule has 1 saturated heterocycles. The number of amides is 1. The molecule has 0 radical (unpaired) electrons. The zero-order valence-electron chi connectivity index (χ0n) is 18.8. The van der Waals surface area contributed by atoms with Gasteiger partial charge in [0.15, 0.2) is 0 Å². The maximum absolute atomic E-state index is 13.1. The molecule has 0 aliphatic carbocycles. The van der Waals surface area contributed by atoms with Gasteiger partial charge in [-0.2, -0.15) is 0 Å². The number of hydrazine groups is 2. The van der Waals surface area contributed by atoms with Gasteiger partial charge in [0.2, 0.25) is 5.91 Å². The minimum absolute atomic E-state index is 0.0106. The molecule has 0 unspecified atom stereocenters. The molecule has 9 heteroatoms. The van der Waals surface area contributed by atoms with Gasteiger partial charge in [0.25, 0.3) is 0 Å². The highest BCUT2D eigenvalue weighted by Crippen LogP contribution is 2.20. The van der Waals surface area contributed by atoms with E-state index in [0.29, 0.717) is 18.1 Å². The summed E-state index contributed by atoms with van der Waals surface area (Å²) >= 11 is 6.21. The van der Waals surface area contributed by atoms with Crippen molar-refractivity contribution < 1.29 is 9.18 Å². The number of amidine groups is 1. The third-order valence-electron chi connectivity index (χ3n) is 5.95. The van der Waals surface area contributed by atoms with Crippen molar-refractivity contribution >= 4 is 29.4 Å². The molecule has 2 N–H and O–H groups in total. The van der Waals surface area contributed by atoms with E-state index < -0.39 is 0 Å². The van der Waals surface area contributed by atoms with E-state index in [9.17, 15) is 9.18 Å². The van der Waals surface area contributed by atoms with Crippen LogP contribution in [0.3, 0.4) is 0 Å². The quantitative estimate of drug-likeness (QED) is 0.634. The van der Waals surface area contributed by atoms with Gasteiger partial charge in [-0.1, -0.05) is 29.8 Å². The van der Waals surface area contributed by atoms with E-state index in [1.807, 2.05) is 53.2 Å². The van der Waals surface area contributed by atoms with Crippen LogP contribution >= 0.6 is 11.6 Å². The fraction of sp³-hybridized carbons (Fsp3) is 0.333. The number of halogens is 2. The molecular formula is C24H28ClFN6O. The third kappa shape index (κ3) is 5.90. The molecule has 7 nitrogen and oxygen atoms in total. The molecule has 0 spiro atoms. The van der Waals surface area contributed by atoms with E-state index >= 15 is 0 Å². The maximum atomic E-state index is 13.1. The second-order valence-corrected chi connectivity index (χ2v) is 8.82. The Hall–Kier alpha value is -2.94. The molecule has 2 heterocycles. The lowest BCUT2D eigenvalue weighted by molar-refractivity contribution is -0.130. The van der Waals surface area contributed by atoms with Crippen LogP contribution in [0.4, 0.5) is 4.39 Å². The minimum Gasteiger partial charge on any atom is -0.334 e.